The molecular weight excluding hydrogens is 676 g/mol. The minimum Gasteiger partial charge on any atom is -0.396 e. The smallest absolute Gasteiger partial charge is 0.396 e. The summed E-state index contributed by atoms with van der Waals surface area (Å²) >= 11 is 6.76. The fraction of sp³-hybridized carbons (Fsp3) is 0.543. The molecule has 3 aliphatic heterocycles. The molecule has 0 bridgehead atoms. The Kier molecular flexibility index (Phi) is 8.04. The lowest BCUT2D eigenvalue weighted by Crippen LogP contribution is -2.30. The number of aromatic nitrogens is 4. The summed E-state index contributed by atoms with van der Waals surface area (Å²) in [6, 6.07) is 1.70. The standard InChI is InChI=1S/C35H37ClF4N8O2/c1-45(2)33(49)31-29(36)25-16-47(10-3-11-48(25)44-31)32-21-17-50-26(28-22(35(38,39)40)4-5-23(41)30(28)37)13-24(21)42-27(43-32)6-7-34(8-9-34)18-46-14-19-12-20(19)15-46/h4-5,19-20,26H,3,8-18,41H2,1-2H3/t19?,20?,26-/m0/s1. The Hall–Kier alpha value is -3.93. The van der Waals surface area contributed by atoms with Crippen molar-refractivity contribution in [1.29, 1.82) is 0 Å². The van der Waals surface area contributed by atoms with Gasteiger partial charge in [0.2, 0.25) is 5.82 Å². The number of nitrogen functional groups attached to an aromatic ring is 1. The third-order valence-corrected chi connectivity index (χ3v) is 11.0. The zero-order chi connectivity index (χ0) is 35.1. The van der Waals surface area contributed by atoms with Crippen LogP contribution in [0.15, 0.2) is 12.1 Å². The number of nitrogens with zero attached hydrogens (tertiary/aromatic N) is 7. The summed E-state index contributed by atoms with van der Waals surface area (Å²) in [6.07, 6.45) is -2.31. The molecule has 1 amide bonds. The largest absolute Gasteiger partial charge is 0.416 e. The normalized spacial score (nSPS) is 23.7. The summed E-state index contributed by atoms with van der Waals surface area (Å²) in [4.78, 5) is 28.4. The van der Waals surface area contributed by atoms with Crippen molar-refractivity contribution in [3.63, 3.8) is 0 Å². The van der Waals surface area contributed by atoms with Crippen molar-refractivity contribution < 1.29 is 27.1 Å². The van der Waals surface area contributed by atoms with Crippen molar-refractivity contribution >= 4 is 29.0 Å². The highest BCUT2D eigenvalue weighted by Crippen LogP contribution is 2.50. The molecule has 0 spiro atoms. The number of nitrogens with two attached hydrogens (primary N) is 1. The van der Waals surface area contributed by atoms with Crippen LogP contribution >= 0.6 is 11.6 Å². The van der Waals surface area contributed by atoms with E-state index in [1.165, 1.54) is 11.3 Å². The van der Waals surface area contributed by atoms with Gasteiger partial charge in [-0.3, -0.25) is 9.48 Å². The molecule has 5 heterocycles. The minimum absolute atomic E-state index is 0.133. The van der Waals surface area contributed by atoms with E-state index in [1.807, 2.05) is 4.90 Å². The van der Waals surface area contributed by atoms with Gasteiger partial charge in [0.15, 0.2) is 11.5 Å². The Labute approximate surface area is 291 Å². The summed E-state index contributed by atoms with van der Waals surface area (Å²) in [5, 5.41) is 4.76. The molecule has 3 atom stereocenters. The quantitative estimate of drug-likeness (QED) is 0.222. The molecular formula is C35H37ClF4N8O2. The molecule has 8 rings (SSSR count). The second-order valence-electron chi connectivity index (χ2n) is 14.5. The van der Waals surface area contributed by atoms with Gasteiger partial charge in [-0.05, 0) is 55.6 Å². The van der Waals surface area contributed by atoms with Crippen LogP contribution in [-0.4, -0.2) is 75.7 Å². The molecule has 5 aliphatic rings. The lowest BCUT2D eigenvalue weighted by molar-refractivity contribution is -0.140. The number of anilines is 2. The van der Waals surface area contributed by atoms with Crippen molar-refractivity contribution in [2.24, 2.45) is 17.3 Å². The van der Waals surface area contributed by atoms with Gasteiger partial charge in [-0.1, -0.05) is 17.5 Å². The number of benzene rings is 1. The first-order valence-corrected chi connectivity index (χ1v) is 17.3. The van der Waals surface area contributed by atoms with Crippen LogP contribution in [-0.2, 0) is 37.0 Å². The topological polar surface area (TPSA) is 106 Å². The Bertz CT molecular complexity index is 1940. The molecule has 1 aromatic carbocycles. The van der Waals surface area contributed by atoms with Crippen LogP contribution < -0.4 is 10.6 Å². The predicted molar refractivity (Wildman–Crippen MR) is 177 cm³/mol. The van der Waals surface area contributed by atoms with E-state index in [9.17, 15) is 18.0 Å². The molecule has 2 aliphatic carbocycles. The van der Waals surface area contributed by atoms with Gasteiger partial charge in [0, 0.05) is 69.8 Å². The summed E-state index contributed by atoms with van der Waals surface area (Å²) < 4.78 is 65.4. The number of ether oxygens (including phenoxy) is 1. The van der Waals surface area contributed by atoms with E-state index in [-0.39, 0.29) is 47.4 Å². The molecule has 2 N–H and O–H groups in total. The number of fused-ring (bicyclic) bond motifs is 3. The van der Waals surface area contributed by atoms with E-state index in [2.05, 4.69) is 21.8 Å². The minimum atomic E-state index is -4.82. The van der Waals surface area contributed by atoms with Gasteiger partial charge < -0.3 is 25.2 Å². The van der Waals surface area contributed by atoms with Gasteiger partial charge >= 0.3 is 6.18 Å². The van der Waals surface area contributed by atoms with Crippen LogP contribution in [0.25, 0.3) is 0 Å². The van der Waals surface area contributed by atoms with Gasteiger partial charge in [-0.25, -0.2) is 14.4 Å². The molecule has 2 saturated carbocycles. The number of likely N-dealkylation sites (tertiary alicyclic amines) is 1. The van der Waals surface area contributed by atoms with Gasteiger partial charge in [-0.2, -0.15) is 18.3 Å². The Balaban J connectivity index is 1.17. The average Bonchev–Trinajstić information content (AvgIpc) is 3.97. The maximum Gasteiger partial charge on any atom is 0.416 e. The number of carbonyl (C=O) groups is 1. The molecule has 1 saturated heterocycles. The van der Waals surface area contributed by atoms with Crippen LogP contribution in [0.1, 0.15) is 76.2 Å². The number of rotatable bonds is 5. The third-order valence-electron chi connectivity index (χ3n) is 10.6. The monoisotopic (exact) mass is 712 g/mol. The van der Waals surface area contributed by atoms with Crippen LogP contribution in [0, 0.1) is 34.9 Å². The number of amides is 1. The van der Waals surface area contributed by atoms with Crippen LogP contribution in [0.4, 0.5) is 29.1 Å². The van der Waals surface area contributed by atoms with Crippen molar-refractivity contribution in [2.45, 2.75) is 64.1 Å². The molecule has 10 nitrogen and oxygen atoms in total. The van der Waals surface area contributed by atoms with E-state index in [0.29, 0.717) is 42.3 Å². The third kappa shape index (κ3) is 6.07. The second-order valence-corrected chi connectivity index (χ2v) is 14.9. The van der Waals surface area contributed by atoms with Gasteiger partial charge in [0.25, 0.3) is 5.91 Å². The summed E-state index contributed by atoms with van der Waals surface area (Å²) in [5.41, 5.74) is 5.25. The molecule has 50 heavy (non-hydrogen) atoms. The van der Waals surface area contributed by atoms with Crippen molar-refractivity contribution in [2.75, 3.05) is 50.9 Å². The number of piperidine rings is 1. The number of hydrogen-bond acceptors (Lipinski definition) is 8. The summed E-state index contributed by atoms with van der Waals surface area (Å²) in [5.74, 6) is 7.61. The zero-order valence-corrected chi connectivity index (χ0v) is 28.5. The predicted octanol–water partition coefficient (Wildman–Crippen LogP) is 5.08. The number of hydrogen-bond donors (Lipinski definition) is 1. The number of alkyl halides is 3. The molecule has 264 valence electrons. The summed E-state index contributed by atoms with van der Waals surface area (Å²) in [6.45, 7) is 4.29. The fourth-order valence-corrected chi connectivity index (χ4v) is 7.93. The maximum absolute atomic E-state index is 15.4. The first-order chi connectivity index (χ1) is 23.8. The maximum atomic E-state index is 15.4. The van der Waals surface area contributed by atoms with Crippen molar-refractivity contribution in [3.8, 4) is 11.8 Å². The fourth-order valence-electron chi connectivity index (χ4n) is 7.65. The first kappa shape index (κ1) is 33.2. The molecule has 2 unspecified atom stereocenters. The van der Waals surface area contributed by atoms with Gasteiger partial charge in [-0.15, -0.1) is 0 Å². The Morgan fingerprint density at radius 2 is 1.94 bits per heavy atom. The highest BCUT2D eigenvalue weighted by Gasteiger charge is 2.50. The highest BCUT2D eigenvalue weighted by molar-refractivity contribution is 6.34. The zero-order valence-electron chi connectivity index (χ0n) is 27.8. The lowest BCUT2D eigenvalue weighted by Gasteiger charge is -2.31. The molecule has 0 radical (unpaired) electrons. The first-order valence-electron chi connectivity index (χ1n) is 16.9. The van der Waals surface area contributed by atoms with E-state index >= 15 is 4.39 Å². The Morgan fingerprint density at radius 3 is 2.64 bits per heavy atom. The average molecular weight is 713 g/mol. The molecule has 15 heteroatoms. The molecule has 3 aromatic rings. The van der Waals surface area contributed by atoms with Crippen LogP contribution in [0.5, 0.6) is 0 Å². The second kappa shape index (κ2) is 12.1. The van der Waals surface area contributed by atoms with E-state index in [0.717, 1.165) is 56.4 Å². The number of halogens is 5. The highest BCUT2D eigenvalue weighted by atomic mass is 35.5. The van der Waals surface area contributed by atoms with Gasteiger partial charge in [0.1, 0.15) is 5.82 Å². The van der Waals surface area contributed by atoms with E-state index < -0.39 is 34.9 Å². The van der Waals surface area contributed by atoms with Gasteiger partial charge in [0.05, 0.1) is 46.9 Å². The SMILES string of the molecule is CN(C)C(=O)c1nn2c(c1Cl)CN(c1nc(C#CC3(CN4CC5CC5C4)CC3)nc3c1CO[C@H](c1c(C(F)(F)F)ccc(N)c1F)C3)CCC2. The van der Waals surface area contributed by atoms with E-state index in [1.54, 1.807) is 18.8 Å². The number of carbonyl (C=O) groups excluding carboxylic acids is 1. The lowest BCUT2D eigenvalue weighted by atomic mass is 9.93. The van der Waals surface area contributed by atoms with Crippen molar-refractivity contribution in [3.05, 3.63) is 62.6 Å². The van der Waals surface area contributed by atoms with Crippen LogP contribution in [0.3, 0.4) is 0 Å². The molecule has 3 fully saturated rings. The summed E-state index contributed by atoms with van der Waals surface area (Å²) in [7, 11) is 3.26. The number of aryl methyl sites for hydroxylation is 1. The van der Waals surface area contributed by atoms with Crippen molar-refractivity contribution in [1.82, 2.24) is 29.5 Å². The van der Waals surface area contributed by atoms with Crippen LogP contribution in [0.2, 0.25) is 5.02 Å². The van der Waals surface area contributed by atoms with E-state index in [4.69, 9.17) is 32.0 Å². The Morgan fingerprint density at radius 1 is 1.18 bits per heavy atom. The molecule has 2 aromatic heterocycles.